The molecule has 0 aromatic heterocycles. The molecule has 0 spiro atoms. The molecule has 0 unspecified atom stereocenters. The van der Waals surface area contributed by atoms with E-state index in [1.807, 2.05) is 0 Å². The number of benzene rings is 3. The van der Waals surface area contributed by atoms with Crippen LogP contribution in [0, 0.1) is 0 Å². The van der Waals surface area contributed by atoms with Crippen LogP contribution in [0.5, 0.6) is 0 Å². The van der Waals surface area contributed by atoms with Crippen LogP contribution in [0.2, 0.25) is 0 Å². The first-order valence-corrected chi connectivity index (χ1v) is 9.09. The van der Waals surface area contributed by atoms with Crippen molar-refractivity contribution in [2.75, 3.05) is 6.66 Å². The van der Waals surface area contributed by atoms with Gasteiger partial charge in [-0.2, -0.15) is 0 Å². The van der Waals surface area contributed by atoms with Crippen molar-refractivity contribution < 1.29 is 4.70 Å². The number of hydrogen-bond donors (Lipinski definition) is 0. The summed E-state index contributed by atoms with van der Waals surface area (Å²) in [4.78, 5) is 0. The molecule has 3 aromatic rings. The molecule has 3 aromatic carbocycles. The van der Waals surface area contributed by atoms with Gasteiger partial charge in [0.25, 0.3) is 0 Å². The summed E-state index contributed by atoms with van der Waals surface area (Å²) in [6.45, 7) is 2.41. The lowest BCUT2D eigenvalue weighted by Gasteiger charge is -2.22. The van der Waals surface area contributed by atoms with Gasteiger partial charge in [-0.05, 0) is 36.4 Å². The molecule has 0 atom stereocenters. The summed E-state index contributed by atoms with van der Waals surface area (Å²) in [6, 6.07) is 32.6. The largest absolute Gasteiger partial charge is 0.269 e. The SMILES string of the molecule is C[P+](c1ccccc1)(c1ccccc1)c1ccccc1.F. The minimum Gasteiger partial charge on any atom is -0.269 e. The Labute approximate surface area is 126 Å². The van der Waals surface area contributed by atoms with Crippen molar-refractivity contribution in [1.29, 1.82) is 0 Å². The Balaban J connectivity index is 0.00000161. The van der Waals surface area contributed by atoms with Gasteiger partial charge in [-0.3, -0.25) is 4.70 Å². The molecule has 0 nitrogen and oxygen atoms in total. The summed E-state index contributed by atoms with van der Waals surface area (Å²) in [5, 5.41) is 4.28. The van der Waals surface area contributed by atoms with Crippen LogP contribution in [0.3, 0.4) is 0 Å². The maximum Gasteiger partial charge on any atom is 0.109 e. The van der Waals surface area contributed by atoms with E-state index in [4.69, 9.17) is 0 Å². The molecule has 0 aliphatic heterocycles. The highest BCUT2D eigenvalue weighted by atomic mass is 31.2. The highest BCUT2D eigenvalue weighted by molar-refractivity contribution is 7.95. The summed E-state index contributed by atoms with van der Waals surface area (Å²) >= 11 is 0. The van der Waals surface area contributed by atoms with E-state index in [0.29, 0.717) is 0 Å². The molecule has 2 heteroatoms. The Morgan fingerprint density at radius 2 is 0.714 bits per heavy atom. The number of rotatable bonds is 3. The lowest BCUT2D eigenvalue weighted by molar-refractivity contribution is 1.11. The lowest BCUT2D eigenvalue weighted by atomic mass is 10.4. The zero-order chi connectivity index (χ0) is 13.8. The maximum atomic E-state index is 2.41. The van der Waals surface area contributed by atoms with Crippen molar-refractivity contribution in [3.63, 3.8) is 0 Å². The summed E-state index contributed by atoms with van der Waals surface area (Å²) in [5.41, 5.74) is 0. The van der Waals surface area contributed by atoms with Gasteiger partial charge in [-0.1, -0.05) is 54.6 Å². The van der Waals surface area contributed by atoms with Gasteiger partial charge in [0.05, 0.1) is 6.66 Å². The normalized spacial score (nSPS) is 10.7. The molecule has 21 heavy (non-hydrogen) atoms. The molecule has 0 aliphatic carbocycles. The van der Waals surface area contributed by atoms with Crippen LogP contribution < -0.4 is 15.9 Å². The second kappa shape index (κ2) is 6.65. The van der Waals surface area contributed by atoms with E-state index in [2.05, 4.69) is 97.7 Å². The fourth-order valence-electron chi connectivity index (χ4n) is 2.63. The van der Waals surface area contributed by atoms with Crippen LogP contribution in [0.1, 0.15) is 0 Å². The van der Waals surface area contributed by atoms with Crippen LogP contribution in [0.25, 0.3) is 0 Å². The van der Waals surface area contributed by atoms with Crippen molar-refractivity contribution in [2.45, 2.75) is 0 Å². The Morgan fingerprint density at radius 1 is 0.476 bits per heavy atom. The number of hydrogen-bond acceptors (Lipinski definition) is 0. The van der Waals surface area contributed by atoms with Gasteiger partial charge in [0, 0.05) is 0 Å². The van der Waals surface area contributed by atoms with Crippen molar-refractivity contribution in [2.24, 2.45) is 0 Å². The van der Waals surface area contributed by atoms with Gasteiger partial charge in [0.2, 0.25) is 0 Å². The smallest absolute Gasteiger partial charge is 0.109 e. The highest BCUT2D eigenvalue weighted by Gasteiger charge is 2.39. The first-order chi connectivity index (χ1) is 9.82. The minimum atomic E-state index is -1.53. The molecule has 0 saturated carbocycles. The Hall–Kier alpha value is -1.98. The fraction of sp³-hybridized carbons (Fsp3) is 0.0526. The van der Waals surface area contributed by atoms with E-state index in [1.54, 1.807) is 0 Å². The van der Waals surface area contributed by atoms with Gasteiger partial charge in [-0.25, -0.2) is 0 Å². The second-order valence-electron chi connectivity index (χ2n) is 5.01. The van der Waals surface area contributed by atoms with Crippen molar-refractivity contribution >= 4 is 23.2 Å². The van der Waals surface area contributed by atoms with Crippen LogP contribution in [0.4, 0.5) is 4.70 Å². The molecule has 0 radical (unpaired) electrons. The monoisotopic (exact) mass is 297 g/mol. The molecule has 3 rings (SSSR count). The third-order valence-electron chi connectivity index (χ3n) is 3.82. The Bertz CT molecular complexity index is 569. The van der Waals surface area contributed by atoms with Crippen LogP contribution in [-0.2, 0) is 0 Å². The lowest BCUT2D eigenvalue weighted by Crippen LogP contribution is -2.30. The Morgan fingerprint density at radius 3 is 0.952 bits per heavy atom. The molecule has 0 N–H and O–H groups in total. The van der Waals surface area contributed by atoms with Gasteiger partial charge < -0.3 is 0 Å². The molecule has 0 aliphatic rings. The summed E-state index contributed by atoms with van der Waals surface area (Å²) < 4.78 is 0. The zero-order valence-corrected chi connectivity index (χ0v) is 12.9. The fourth-order valence-corrected chi connectivity index (χ4v) is 5.83. The predicted molar refractivity (Wildman–Crippen MR) is 93.6 cm³/mol. The van der Waals surface area contributed by atoms with Crippen LogP contribution in [-0.4, -0.2) is 6.66 Å². The van der Waals surface area contributed by atoms with E-state index >= 15 is 0 Å². The molecule has 0 saturated heterocycles. The number of halogens is 1. The summed E-state index contributed by atoms with van der Waals surface area (Å²) in [7, 11) is -1.53. The van der Waals surface area contributed by atoms with E-state index in [1.165, 1.54) is 15.9 Å². The van der Waals surface area contributed by atoms with Gasteiger partial charge >= 0.3 is 0 Å². The first-order valence-electron chi connectivity index (χ1n) is 6.85. The quantitative estimate of drug-likeness (QED) is 0.646. The predicted octanol–water partition coefficient (Wildman–Crippen LogP) is 3.76. The molecular weight excluding hydrogens is 278 g/mol. The second-order valence-corrected chi connectivity index (χ2v) is 8.57. The zero-order valence-electron chi connectivity index (χ0n) is 12.0. The molecule has 106 valence electrons. The molecule has 0 fully saturated rings. The van der Waals surface area contributed by atoms with Crippen LogP contribution in [0.15, 0.2) is 91.0 Å². The van der Waals surface area contributed by atoms with E-state index in [-0.39, 0.29) is 4.70 Å². The minimum absolute atomic E-state index is 0. The highest BCUT2D eigenvalue weighted by Crippen LogP contribution is 2.51. The maximum absolute atomic E-state index is 2.41. The average molecular weight is 297 g/mol. The molecule has 0 bridgehead atoms. The average Bonchev–Trinajstić information content (AvgIpc) is 2.56. The van der Waals surface area contributed by atoms with Crippen molar-refractivity contribution in [3.8, 4) is 0 Å². The van der Waals surface area contributed by atoms with Crippen molar-refractivity contribution in [3.05, 3.63) is 91.0 Å². The third kappa shape index (κ3) is 2.89. The van der Waals surface area contributed by atoms with E-state index in [9.17, 15) is 0 Å². The molecule has 0 amide bonds. The summed E-state index contributed by atoms with van der Waals surface area (Å²) in [5.74, 6) is 0. The van der Waals surface area contributed by atoms with Gasteiger partial charge in [0.1, 0.15) is 23.2 Å². The molecular formula is C19H19FP+. The standard InChI is InChI=1S/C19H18P.FH/c1-20(17-11-5-2-6-12-17,18-13-7-3-8-14-18)19-15-9-4-10-16-19;/h2-16H,1H3;1H/q+1;. The topological polar surface area (TPSA) is 0 Å². The third-order valence-corrected chi connectivity index (χ3v) is 7.81. The van der Waals surface area contributed by atoms with Gasteiger partial charge in [-0.15, -0.1) is 0 Å². The summed E-state index contributed by atoms with van der Waals surface area (Å²) in [6.07, 6.45) is 0. The molecule has 0 heterocycles. The Kier molecular flexibility index (Phi) is 4.88. The van der Waals surface area contributed by atoms with Crippen LogP contribution >= 0.6 is 7.26 Å². The van der Waals surface area contributed by atoms with E-state index in [0.717, 1.165) is 0 Å². The van der Waals surface area contributed by atoms with Gasteiger partial charge in [0.15, 0.2) is 0 Å². The van der Waals surface area contributed by atoms with E-state index < -0.39 is 7.26 Å². The first kappa shape index (κ1) is 15.4. The van der Waals surface area contributed by atoms with Crippen molar-refractivity contribution in [1.82, 2.24) is 0 Å².